The molecule has 158 valence electrons. The van der Waals surface area contributed by atoms with Crippen LogP contribution in [0.4, 0.5) is 5.82 Å². The molecule has 0 saturated carbocycles. The molecule has 4 rings (SSSR count). The van der Waals surface area contributed by atoms with E-state index in [4.69, 9.17) is 26.8 Å². The van der Waals surface area contributed by atoms with Crippen LogP contribution >= 0.6 is 23.4 Å². The van der Waals surface area contributed by atoms with E-state index in [2.05, 4.69) is 20.3 Å². The molecule has 2 fully saturated rings. The fourth-order valence-electron chi connectivity index (χ4n) is 3.58. The zero-order chi connectivity index (χ0) is 20.7. The van der Waals surface area contributed by atoms with E-state index < -0.39 is 24.5 Å². The van der Waals surface area contributed by atoms with Crippen molar-refractivity contribution in [1.82, 2.24) is 24.8 Å². The molecule has 2 saturated heterocycles. The zero-order valence-corrected chi connectivity index (χ0v) is 17.0. The smallest absolute Gasteiger partial charge is 0.322 e. The fourth-order valence-corrected chi connectivity index (χ4v) is 5.03. The summed E-state index contributed by atoms with van der Waals surface area (Å²) in [6.07, 6.45) is -1.72. The first-order valence-electron chi connectivity index (χ1n) is 8.99. The summed E-state index contributed by atoms with van der Waals surface area (Å²) in [6, 6.07) is -0.322. The summed E-state index contributed by atoms with van der Waals surface area (Å²) in [7, 11) is 1.36. The largest absolute Gasteiger partial charge is 0.468 e. The molecule has 5 N–H and O–H groups in total. The van der Waals surface area contributed by atoms with Crippen LogP contribution in [0.1, 0.15) is 12.6 Å². The van der Waals surface area contributed by atoms with Crippen molar-refractivity contribution in [2.45, 2.75) is 42.3 Å². The molecule has 0 aliphatic carbocycles. The van der Waals surface area contributed by atoms with Crippen molar-refractivity contribution >= 4 is 46.3 Å². The molecule has 2 aromatic rings. The summed E-state index contributed by atoms with van der Waals surface area (Å²) in [5.41, 5.74) is 6.46. The molecule has 0 radical (unpaired) electrons. The number of rotatable bonds is 5. The molecule has 0 unspecified atom stereocenters. The minimum absolute atomic E-state index is 0.0502. The number of anilines is 1. The highest BCUT2D eigenvalue weighted by atomic mass is 35.5. The Morgan fingerprint density at radius 1 is 1.48 bits per heavy atom. The van der Waals surface area contributed by atoms with Crippen molar-refractivity contribution in [3.8, 4) is 0 Å². The van der Waals surface area contributed by atoms with E-state index >= 15 is 0 Å². The normalized spacial score (nSPS) is 32.1. The standard InChI is InChI=1S/C16H21ClN6O5S/c1-27-15(26)7-2-6(3-19-7)29-4-8-10(24)11(25)14(28-8)23-5-20-9-12(18)21-16(17)22-13(9)23/h5-8,10-11,14,19,24-25H,2-4H2,1H3,(H2,18,21,22)/t6-,7+,8-,10-,11-,14-/m1/s1. The molecule has 2 aromatic heterocycles. The summed E-state index contributed by atoms with van der Waals surface area (Å²) >= 11 is 7.45. The minimum atomic E-state index is -1.18. The van der Waals surface area contributed by atoms with Crippen LogP contribution in [-0.4, -0.2) is 84.7 Å². The number of methoxy groups -OCH3 is 1. The Bertz CT molecular complexity index is 915. The Morgan fingerprint density at radius 2 is 2.28 bits per heavy atom. The third kappa shape index (κ3) is 3.88. The van der Waals surface area contributed by atoms with E-state index in [0.717, 1.165) is 0 Å². The number of esters is 1. The molecule has 29 heavy (non-hydrogen) atoms. The van der Waals surface area contributed by atoms with Crippen LogP contribution in [0.2, 0.25) is 5.28 Å². The number of hydrogen-bond acceptors (Lipinski definition) is 11. The molecular formula is C16H21ClN6O5S. The van der Waals surface area contributed by atoms with Gasteiger partial charge < -0.3 is 30.7 Å². The van der Waals surface area contributed by atoms with E-state index in [9.17, 15) is 15.0 Å². The van der Waals surface area contributed by atoms with E-state index in [1.165, 1.54) is 18.0 Å². The summed E-state index contributed by atoms with van der Waals surface area (Å²) in [5, 5.41) is 24.2. The number of imidazole rings is 1. The number of nitrogens with one attached hydrogen (secondary N) is 1. The van der Waals surface area contributed by atoms with Gasteiger partial charge >= 0.3 is 5.97 Å². The fraction of sp³-hybridized carbons (Fsp3) is 0.625. The summed E-state index contributed by atoms with van der Waals surface area (Å²) in [6.45, 7) is 0.653. The second-order valence-electron chi connectivity index (χ2n) is 6.92. The monoisotopic (exact) mass is 444 g/mol. The van der Waals surface area contributed by atoms with Crippen molar-refractivity contribution in [1.29, 1.82) is 0 Å². The van der Waals surface area contributed by atoms with Gasteiger partial charge in [-0.25, -0.2) is 4.98 Å². The van der Waals surface area contributed by atoms with Gasteiger partial charge in [0, 0.05) is 17.5 Å². The lowest BCUT2D eigenvalue weighted by Gasteiger charge is -2.17. The maximum absolute atomic E-state index is 11.6. The number of aromatic nitrogens is 4. The Labute approximate surface area is 174 Å². The predicted molar refractivity (Wildman–Crippen MR) is 105 cm³/mol. The highest BCUT2D eigenvalue weighted by molar-refractivity contribution is 8.00. The SMILES string of the molecule is COC(=O)[C@@H]1C[C@@H](SC[C@H]2O[C@@H](n3cnc4c(N)nc(Cl)nc43)[C@H](O)[C@@H]2O)CN1. The number of carbonyl (C=O) groups is 1. The van der Waals surface area contributed by atoms with Crippen LogP contribution in [0.5, 0.6) is 0 Å². The quantitative estimate of drug-likeness (QED) is 0.342. The molecular weight excluding hydrogens is 424 g/mol. The molecule has 4 heterocycles. The van der Waals surface area contributed by atoms with Crippen LogP contribution in [0.15, 0.2) is 6.33 Å². The van der Waals surface area contributed by atoms with Gasteiger partial charge in [0.2, 0.25) is 5.28 Å². The first-order valence-corrected chi connectivity index (χ1v) is 10.4. The van der Waals surface area contributed by atoms with E-state index in [1.807, 2.05) is 0 Å². The summed E-state index contributed by atoms with van der Waals surface area (Å²) in [5.74, 6) is 0.278. The lowest BCUT2D eigenvalue weighted by molar-refractivity contribution is -0.142. The topological polar surface area (TPSA) is 158 Å². The number of halogens is 1. The average Bonchev–Trinajstić information content (AvgIpc) is 3.39. The van der Waals surface area contributed by atoms with Gasteiger partial charge in [0.1, 0.15) is 23.8 Å². The Morgan fingerprint density at radius 3 is 3.03 bits per heavy atom. The first-order chi connectivity index (χ1) is 13.9. The number of fused-ring (bicyclic) bond motifs is 1. The van der Waals surface area contributed by atoms with Gasteiger partial charge in [-0.15, -0.1) is 0 Å². The second-order valence-corrected chi connectivity index (χ2v) is 8.59. The lowest BCUT2D eigenvalue weighted by Crippen LogP contribution is -2.33. The van der Waals surface area contributed by atoms with Gasteiger partial charge in [-0.2, -0.15) is 21.7 Å². The number of aliphatic hydroxyl groups excluding tert-OH is 2. The minimum Gasteiger partial charge on any atom is -0.468 e. The maximum Gasteiger partial charge on any atom is 0.322 e. The third-order valence-electron chi connectivity index (χ3n) is 5.10. The number of thioether (sulfide) groups is 1. The Kier molecular flexibility index (Phi) is 5.82. The van der Waals surface area contributed by atoms with Crippen molar-refractivity contribution in [3.05, 3.63) is 11.6 Å². The zero-order valence-electron chi connectivity index (χ0n) is 15.4. The van der Waals surface area contributed by atoms with Gasteiger partial charge in [-0.1, -0.05) is 0 Å². The van der Waals surface area contributed by atoms with Gasteiger partial charge in [-0.3, -0.25) is 9.36 Å². The van der Waals surface area contributed by atoms with Crippen LogP contribution in [0.3, 0.4) is 0 Å². The maximum atomic E-state index is 11.6. The van der Waals surface area contributed by atoms with E-state index in [-0.39, 0.29) is 28.4 Å². The van der Waals surface area contributed by atoms with Crippen LogP contribution in [-0.2, 0) is 14.3 Å². The highest BCUT2D eigenvalue weighted by Gasteiger charge is 2.45. The van der Waals surface area contributed by atoms with Crippen LogP contribution in [0, 0.1) is 0 Å². The number of nitrogens with two attached hydrogens (primary N) is 1. The summed E-state index contributed by atoms with van der Waals surface area (Å²) in [4.78, 5) is 23.7. The van der Waals surface area contributed by atoms with Gasteiger partial charge in [0.15, 0.2) is 17.7 Å². The third-order valence-corrected chi connectivity index (χ3v) is 6.63. The first kappa shape index (κ1) is 20.6. The number of aliphatic hydroxyl groups is 2. The van der Waals surface area contributed by atoms with Crippen molar-refractivity contribution in [3.63, 3.8) is 0 Å². The van der Waals surface area contributed by atoms with E-state index in [1.54, 1.807) is 11.8 Å². The number of hydrogen-bond donors (Lipinski definition) is 4. The highest BCUT2D eigenvalue weighted by Crippen LogP contribution is 2.35. The van der Waals surface area contributed by atoms with Gasteiger partial charge in [0.25, 0.3) is 0 Å². The predicted octanol–water partition coefficient (Wildman–Crippen LogP) is -0.682. The molecule has 11 nitrogen and oxygen atoms in total. The molecule has 2 aliphatic rings. The molecule has 6 atom stereocenters. The molecule has 0 amide bonds. The van der Waals surface area contributed by atoms with Crippen molar-refractivity contribution in [2.24, 2.45) is 0 Å². The molecule has 13 heteroatoms. The van der Waals surface area contributed by atoms with Gasteiger partial charge in [0.05, 0.1) is 19.5 Å². The van der Waals surface area contributed by atoms with Crippen molar-refractivity contribution in [2.75, 3.05) is 25.1 Å². The molecule has 0 aromatic carbocycles. The summed E-state index contributed by atoms with van der Waals surface area (Å²) < 4.78 is 12.2. The number of carbonyl (C=O) groups excluding carboxylic acids is 1. The Hall–Kier alpha value is -1.70. The van der Waals surface area contributed by atoms with Crippen LogP contribution in [0.25, 0.3) is 11.2 Å². The molecule has 0 bridgehead atoms. The van der Waals surface area contributed by atoms with Crippen LogP contribution < -0.4 is 11.1 Å². The number of nitrogen functional groups attached to an aromatic ring is 1. The van der Waals surface area contributed by atoms with Gasteiger partial charge in [-0.05, 0) is 18.0 Å². The second kappa shape index (κ2) is 8.20. The van der Waals surface area contributed by atoms with E-state index in [0.29, 0.717) is 29.9 Å². The molecule has 2 aliphatic heterocycles. The average molecular weight is 445 g/mol. The lowest BCUT2D eigenvalue weighted by atomic mass is 10.1. The number of nitrogens with zero attached hydrogens (tertiary/aromatic N) is 4. The van der Waals surface area contributed by atoms with Crippen molar-refractivity contribution < 1.29 is 24.5 Å². The number of ether oxygens (including phenoxy) is 2. The molecule has 0 spiro atoms. The Balaban J connectivity index is 1.43.